The van der Waals surface area contributed by atoms with Gasteiger partial charge in [0.2, 0.25) is 0 Å². The molecule has 0 amide bonds. The smallest absolute Gasteiger partial charge is 0.144 e. The zero-order valence-electron chi connectivity index (χ0n) is 18.1. The summed E-state index contributed by atoms with van der Waals surface area (Å²) >= 11 is 4.96. The molecular formula is C28H16O4S3. The van der Waals surface area contributed by atoms with Gasteiger partial charge in [0.05, 0.1) is 41.8 Å². The summed E-state index contributed by atoms with van der Waals surface area (Å²) in [5.41, 5.74) is 0. The maximum absolute atomic E-state index is 6.20. The third-order valence-corrected chi connectivity index (χ3v) is 8.87. The summed E-state index contributed by atoms with van der Waals surface area (Å²) < 4.78 is 23.4. The Hall–Kier alpha value is -3.78. The first-order valence-electron chi connectivity index (χ1n) is 10.9. The minimum atomic E-state index is 0.845. The first-order valence-corrected chi connectivity index (χ1v) is 13.3. The first-order chi connectivity index (χ1) is 17.3. The summed E-state index contributed by atoms with van der Waals surface area (Å²) in [6.07, 6.45) is 3.38. The molecular weight excluding hydrogens is 497 g/mol. The van der Waals surface area contributed by atoms with Crippen LogP contribution >= 0.6 is 34.0 Å². The highest BCUT2D eigenvalue weighted by molar-refractivity contribution is 7.19. The molecule has 0 aromatic carbocycles. The molecule has 0 unspecified atom stereocenters. The minimum absolute atomic E-state index is 0.845. The van der Waals surface area contributed by atoms with Crippen LogP contribution in [0.15, 0.2) is 115 Å². The largest absolute Gasteiger partial charge is 0.464 e. The first kappa shape index (κ1) is 20.6. The zero-order chi connectivity index (χ0) is 23.2. The summed E-state index contributed by atoms with van der Waals surface area (Å²) in [5.74, 6) is 5.13. The van der Waals surface area contributed by atoms with Crippen molar-refractivity contribution in [1.82, 2.24) is 0 Å². The summed E-state index contributed by atoms with van der Waals surface area (Å²) in [7, 11) is 0. The van der Waals surface area contributed by atoms with Crippen molar-refractivity contribution in [2.75, 3.05) is 0 Å². The zero-order valence-corrected chi connectivity index (χ0v) is 20.5. The van der Waals surface area contributed by atoms with Crippen molar-refractivity contribution in [2.24, 2.45) is 0 Å². The van der Waals surface area contributed by atoms with Crippen molar-refractivity contribution < 1.29 is 17.7 Å². The van der Waals surface area contributed by atoms with Crippen LogP contribution in [-0.4, -0.2) is 0 Å². The maximum Gasteiger partial charge on any atom is 0.144 e. The fourth-order valence-electron chi connectivity index (χ4n) is 3.85. The Balaban J connectivity index is 1.11. The van der Waals surface area contributed by atoms with Crippen LogP contribution in [0.2, 0.25) is 0 Å². The molecule has 7 rings (SSSR count). The Morgan fingerprint density at radius 2 is 0.657 bits per heavy atom. The van der Waals surface area contributed by atoms with Gasteiger partial charge < -0.3 is 17.7 Å². The lowest BCUT2D eigenvalue weighted by atomic mass is 10.3. The molecule has 0 N–H and O–H groups in total. The third kappa shape index (κ3) is 3.83. The van der Waals surface area contributed by atoms with E-state index in [-0.39, 0.29) is 0 Å². The molecule has 7 aromatic rings. The van der Waals surface area contributed by atoms with Gasteiger partial charge in [-0.15, -0.1) is 34.0 Å². The molecule has 0 spiro atoms. The van der Waals surface area contributed by atoms with E-state index >= 15 is 0 Å². The van der Waals surface area contributed by atoms with Crippen molar-refractivity contribution in [3.63, 3.8) is 0 Å². The lowest BCUT2D eigenvalue weighted by molar-refractivity contribution is 0.583. The van der Waals surface area contributed by atoms with Gasteiger partial charge in [-0.25, -0.2) is 0 Å². The van der Waals surface area contributed by atoms with Gasteiger partial charge in [-0.3, -0.25) is 0 Å². The quantitative estimate of drug-likeness (QED) is 0.222. The van der Waals surface area contributed by atoms with Gasteiger partial charge in [-0.2, -0.15) is 0 Å². The third-order valence-electron chi connectivity index (χ3n) is 5.53. The molecule has 4 nitrogen and oxygen atoms in total. The van der Waals surface area contributed by atoms with E-state index in [4.69, 9.17) is 17.7 Å². The van der Waals surface area contributed by atoms with E-state index in [0.29, 0.717) is 0 Å². The fraction of sp³-hybridized carbons (Fsp3) is 0. The lowest BCUT2D eigenvalue weighted by Gasteiger charge is -1.94. The van der Waals surface area contributed by atoms with E-state index in [1.54, 1.807) is 46.5 Å². The van der Waals surface area contributed by atoms with E-state index in [1.165, 1.54) is 0 Å². The van der Waals surface area contributed by atoms with Crippen LogP contribution in [0.4, 0.5) is 0 Å². The van der Waals surface area contributed by atoms with Crippen LogP contribution in [-0.2, 0) is 0 Å². The summed E-state index contributed by atoms with van der Waals surface area (Å²) in [4.78, 5) is 6.42. The molecule has 0 radical (unpaired) electrons. The van der Waals surface area contributed by atoms with Crippen molar-refractivity contribution in [2.45, 2.75) is 0 Å². The number of furan rings is 4. The van der Waals surface area contributed by atoms with Gasteiger partial charge in [0.25, 0.3) is 0 Å². The molecule has 7 heterocycles. The highest BCUT2D eigenvalue weighted by Crippen LogP contribution is 2.42. The molecule has 0 aliphatic rings. The molecule has 7 aromatic heterocycles. The molecule has 0 aliphatic heterocycles. The minimum Gasteiger partial charge on any atom is -0.464 e. The molecule has 0 saturated heterocycles. The molecule has 0 fully saturated rings. The van der Waals surface area contributed by atoms with Gasteiger partial charge in [-0.1, -0.05) is 0 Å². The molecule has 35 heavy (non-hydrogen) atoms. The Bertz CT molecular complexity index is 1580. The Morgan fingerprint density at radius 1 is 0.343 bits per heavy atom. The second-order valence-corrected chi connectivity index (χ2v) is 11.0. The SMILES string of the molecule is c1coc(-c2ccc(-c3ccc(-c4ccc(-c5ccc(-c6ccc(-c7ccco7)s6)o5)s4)o3)s2)c1. The second-order valence-electron chi connectivity index (χ2n) is 7.77. The Labute approximate surface area is 212 Å². The van der Waals surface area contributed by atoms with Crippen LogP contribution < -0.4 is 0 Å². The highest BCUT2D eigenvalue weighted by Gasteiger charge is 2.16. The van der Waals surface area contributed by atoms with Crippen LogP contribution in [0.1, 0.15) is 0 Å². The summed E-state index contributed by atoms with van der Waals surface area (Å²) in [6, 6.07) is 28.2. The summed E-state index contributed by atoms with van der Waals surface area (Å²) in [5, 5.41) is 0. The van der Waals surface area contributed by atoms with Gasteiger partial charge in [0.1, 0.15) is 34.6 Å². The van der Waals surface area contributed by atoms with E-state index < -0.39 is 0 Å². The van der Waals surface area contributed by atoms with Crippen LogP contribution in [0.25, 0.3) is 63.8 Å². The van der Waals surface area contributed by atoms with Gasteiger partial charge in [0, 0.05) is 0 Å². The van der Waals surface area contributed by atoms with Gasteiger partial charge in [0.15, 0.2) is 0 Å². The number of thiophene rings is 3. The number of rotatable bonds is 6. The molecule has 0 saturated carbocycles. The van der Waals surface area contributed by atoms with E-state index in [1.807, 2.05) is 48.5 Å². The number of hydrogen-bond acceptors (Lipinski definition) is 7. The normalized spacial score (nSPS) is 11.4. The van der Waals surface area contributed by atoms with Crippen LogP contribution in [0, 0.1) is 0 Å². The van der Waals surface area contributed by atoms with Crippen molar-refractivity contribution >= 4 is 34.0 Å². The molecule has 0 aliphatic carbocycles. The topological polar surface area (TPSA) is 52.6 Å². The fourth-order valence-corrected chi connectivity index (χ4v) is 6.65. The van der Waals surface area contributed by atoms with Gasteiger partial charge >= 0.3 is 0 Å². The lowest BCUT2D eigenvalue weighted by Crippen LogP contribution is -1.64. The number of hydrogen-bond donors (Lipinski definition) is 0. The second kappa shape index (κ2) is 8.46. The standard InChI is InChI=1S/C28H16O4S3/c1-3-17(29-15-1)23-9-11-25(33-23)19-5-7-21(31-19)27-13-14-28(35-27)22-8-6-20(32-22)26-12-10-24(34-26)18-4-2-16-30-18/h1-16H. The predicted molar refractivity (Wildman–Crippen MR) is 142 cm³/mol. The Morgan fingerprint density at radius 3 is 0.943 bits per heavy atom. The van der Waals surface area contributed by atoms with Gasteiger partial charge in [-0.05, 0) is 84.9 Å². The predicted octanol–water partition coefficient (Wildman–Crippen LogP) is 10.2. The molecule has 7 heteroatoms. The van der Waals surface area contributed by atoms with E-state index in [0.717, 1.165) is 63.8 Å². The molecule has 0 bridgehead atoms. The highest BCUT2D eigenvalue weighted by atomic mass is 32.1. The Kier molecular flexibility index (Phi) is 4.98. The van der Waals surface area contributed by atoms with Crippen molar-refractivity contribution in [3.8, 4) is 63.8 Å². The monoisotopic (exact) mass is 512 g/mol. The average Bonchev–Trinajstić information content (AvgIpc) is 3.71. The van der Waals surface area contributed by atoms with Crippen molar-refractivity contribution in [1.29, 1.82) is 0 Å². The van der Waals surface area contributed by atoms with Crippen LogP contribution in [0.3, 0.4) is 0 Å². The average molecular weight is 513 g/mol. The van der Waals surface area contributed by atoms with E-state index in [9.17, 15) is 0 Å². The van der Waals surface area contributed by atoms with Crippen LogP contribution in [0.5, 0.6) is 0 Å². The summed E-state index contributed by atoms with van der Waals surface area (Å²) in [6.45, 7) is 0. The van der Waals surface area contributed by atoms with Crippen molar-refractivity contribution in [3.05, 3.63) is 97.5 Å². The maximum atomic E-state index is 6.20. The molecule has 0 atom stereocenters. The molecule has 170 valence electrons. The van der Waals surface area contributed by atoms with E-state index in [2.05, 4.69) is 36.4 Å².